The van der Waals surface area contributed by atoms with E-state index >= 15 is 0 Å². The van der Waals surface area contributed by atoms with Crippen LogP contribution in [0.15, 0.2) is 47.4 Å². The number of aromatic nitrogens is 1. The summed E-state index contributed by atoms with van der Waals surface area (Å²) >= 11 is 1.15. The number of benzene rings is 2. The number of amides is 2. The quantitative estimate of drug-likeness (QED) is 0.603. The van der Waals surface area contributed by atoms with E-state index in [1.165, 1.54) is 51.7 Å². The number of piperazine rings is 1. The SMILES string of the molecule is O=CN1CCN(S(=O)(=O)c2ccc(C(=O)Nc3nc4ccc(F)cc4s3)cc2)CC1. The molecule has 1 aromatic heterocycles. The minimum absolute atomic E-state index is 0.0778. The van der Waals surface area contributed by atoms with Crippen molar-refractivity contribution in [3.63, 3.8) is 0 Å². The maximum Gasteiger partial charge on any atom is 0.257 e. The van der Waals surface area contributed by atoms with Crippen molar-refractivity contribution < 1.29 is 22.4 Å². The van der Waals surface area contributed by atoms with Gasteiger partial charge in [-0.3, -0.25) is 14.9 Å². The number of rotatable bonds is 5. The molecule has 156 valence electrons. The summed E-state index contributed by atoms with van der Waals surface area (Å²) in [4.78, 5) is 29.1. The molecule has 11 heteroatoms. The van der Waals surface area contributed by atoms with Crippen LogP contribution < -0.4 is 5.32 Å². The lowest BCUT2D eigenvalue weighted by Gasteiger charge is -2.31. The summed E-state index contributed by atoms with van der Waals surface area (Å²) < 4.78 is 40.8. The van der Waals surface area contributed by atoms with Gasteiger partial charge in [0.15, 0.2) is 5.13 Å². The van der Waals surface area contributed by atoms with Gasteiger partial charge in [-0.1, -0.05) is 11.3 Å². The van der Waals surface area contributed by atoms with Crippen molar-refractivity contribution in [1.82, 2.24) is 14.2 Å². The van der Waals surface area contributed by atoms with E-state index in [1.54, 1.807) is 0 Å². The van der Waals surface area contributed by atoms with E-state index < -0.39 is 15.9 Å². The predicted octanol–water partition coefficient (Wildman–Crippen LogP) is 2.15. The first-order chi connectivity index (χ1) is 14.4. The average molecular weight is 449 g/mol. The Kier molecular flexibility index (Phi) is 5.50. The molecule has 0 spiro atoms. The van der Waals surface area contributed by atoms with E-state index in [9.17, 15) is 22.4 Å². The fourth-order valence-electron chi connectivity index (χ4n) is 3.10. The molecular weight excluding hydrogens is 431 g/mol. The summed E-state index contributed by atoms with van der Waals surface area (Å²) in [5.74, 6) is -0.827. The molecular formula is C19H17FN4O4S2. The number of hydrogen-bond donors (Lipinski definition) is 1. The zero-order chi connectivity index (χ0) is 21.3. The van der Waals surface area contributed by atoms with Gasteiger partial charge in [0.05, 0.1) is 15.1 Å². The minimum Gasteiger partial charge on any atom is -0.343 e. The molecule has 2 amide bonds. The minimum atomic E-state index is -3.70. The molecule has 1 aliphatic rings. The highest BCUT2D eigenvalue weighted by atomic mass is 32.2. The fraction of sp³-hybridized carbons (Fsp3) is 0.211. The second-order valence-corrected chi connectivity index (χ2v) is 9.62. The Balaban J connectivity index is 1.47. The number of carbonyl (C=O) groups excluding carboxylic acids is 2. The summed E-state index contributed by atoms with van der Waals surface area (Å²) in [5.41, 5.74) is 0.845. The second-order valence-electron chi connectivity index (χ2n) is 6.66. The topological polar surface area (TPSA) is 99.7 Å². The van der Waals surface area contributed by atoms with Crippen molar-refractivity contribution in [3.8, 4) is 0 Å². The van der Waals surface area contributed by atoms with Crippen LogP contribution in [0.4, 0.5) is 9.52 Å². The third kappa shape index (κ3) is 4.04. The Morgan fingerprint density at radius 3 is 2.47 bits per heavy atom. The van der Waals surface area contributed by atoms with Crippen molar-refractivity contribution in [1.29, 1.82) is 0 Å². The Bertz CT molecular complexity index is 1200. The van der Waals surface area contributed by atoms with Crippen LogP contribution in [0.25, 0.3) is 10.2 Å². The molecule has 30 heavy (non-hydrogen) atoms. The molecule has 1 saturated heterocycles. The number of nitrogens with zero attached hydrogens (tertiary/aromatic N) is 3. The summed E-state index contributed by atoms with van der Waals surface area (Å²) in [6.45, 7) is 1.13. The Morgan fingerprint density at radius 1 is 1.10 bits per heavy atom. The van der Waals surface area contributed by atoms with E-state index in [0.717, 1.165) is 11.3 Å². The summed E-state index contributed by atoms with van der Waals surface area (Å²) in [5, 5.41) is 2.97. The molecule has 3 aromatic rings. The highest BCUT2D eigenvalue weighted by Crippen LogP contribution is 2.27. The zero-order valence-electron chi connectivity index (χ0n) is 15.6. The lowest BCUT2D eigenvalue weighted by molar-refractivity contribution is -0.119. The van der Waals surface area contributed by atoms with Crippen LogP contribution in [0.5, 0.6) is 0 Å². The molecule has 1 fully saturated rings. The van der Waals surface area contributed by atoms with Crippen LogP contribution in [0.1, 0.15) is 10.4 Å². The number of anilines is 1. The van der Waals surface area contributed by atoms with Gasteiger partial charge in [-0.2, -0.15) is 4.31 Å². The van der Waals surface area contributed by atoms with Crippen molar-refractivity contribution >= 4 is 49.0 Å². The van der Waals surface area contributed by atoms with E-state index in [0.29, 0.717) is 34.8 Å². The highest BCUT2D eigenvalue weighted by molar-refractivity contribution is 7.89. The predicted molar refractivity (Wildman–Crippen MR) is 110 cm³/mol. The molecule has 2 heterocycles. The number of sulfonamides is 1. The lowest BCUT2D eigenvalue weighted by Crippen LogP contribution is -2.47. The second kappa shape index (κ2) is 8.09. The molecule has 4 rings (SSSR count). The van der Waals surface area contributed by atoms with Crippen LogP contribution in [-0.4, -0.2) is 61.1 Å². The number of fused-ring (bicyclic) bond motifs is 1. The third-order valence-corrected chi connectivity index (χ3v) is 7.59. The zero-order valence-corrected chi connectivity index (χ0v) is 17.2. The molecule has 0 atom stereocenters. The number of halogens is 1. The molecule has 1 N–H and O–H groups in total. The molecule has 0 bridgehead atoms. The molecule has 2 aromatic carbocycles. The molecule has 1 aliphatic heterocycles. The van der Waals surface area contributed by atoms with Crippen LogP contribution >= 0.6 is 11.3 Å². The number of carbonyl (C=O) groups is 2. The Labute approximate surface area is 176 Å². The molecule has 0 saturated carbocycles. The number of nitrogens with one attached hydrogen (secondary N) is 1. The van der Waals surface area contributed by atoms with Gasteiger partial charge in [0.1, 0.15) is 5.82 Å². The van der Waals surface area contributed by atoms with Crippen LogP contribution in [-0.2, 0) is 14.8 Å². The first-order valence-corrected chi connectivity index (χ1v) is 11.3. The summed E-state index contributed by atoms with van der Waals surface area (Å²) in [7, 11) is -3.70. The van der Waals surface area contributed by atoms with Gasteiger partial charge in [-0.05, 0) is 42.5 Å². The highest BCUT2D eigenvalue weighted by Gasteiger charge is 2.28. The maximum atomic E-state index is 13.3. The van der Waals surface area contributed by atoms with Crippen LogP contribution in [0, 0.1) is 5.82 Å². The van der Waals surface area contributed by atoms with Crippen molar-refractivity contribution in [2.24, 2.45) is 0 Å². The Hall–Kier alpha value is -2.89. The van der Waals surface area contributed by atoms with E-state index in [2.05, 4.69) is 10.3 Å². The first kappa shape index (κ1) is 20.4. The van der Waals surface area contributed by atoms with Gasteiger partial charge < -0.3 is 4.90 Å². The van der Waals surface area contributed by atoms with Gasteiger partial charge in [-0.25, -0.2) is 17.8 Å². The first-order valence-electron chi connectivity index (χ1n) is 9.04. The Morgan fingerprint density at radius 2 is 1.80 bits per heavy atom. The van der Waals surface area contributed by atoms with Crippen molar-refractivity contribution in [2.45, 2.75) is 4.90 Å². The van der Waals surface area contributed by atoms with Gasteiger partial charge in [0.2, 0.25) is 16.4 Å². The monoisotopic (exact) mass is 448 g/mol. The van der Waals surface area contributed by atoms with E-state index in [-0.39, 0.29) is 29.4 Å². The number of hydrogen-bond acceptors (Lipinski definition) is 6. The van der Waals surface area contributed by atoms with Gasteiger partial charge in [0.25, 0.3) is 5.91 Å². The van der Waals surface area contributed by atoms with Gasteiger partial charge >= 0.3 is 0 Å². The van der Waals surface area contributed by atoms with Gasteiger partial charge in [0, 0.05) is 31.7 Å². The number of thiazole rings is 1. The van der Waals surface area contributed by atoms with Crippen molar-refractivity contribution in [2.75, 3.05) is 31.5 Å². The molecule has 0 radical (unpaired) electrons. The standard InChI is InChI=1S/C19H17FN4O4S2/c20-14-3-6-16-17(11-14)29-19(21-16)22-18(26)13-1-4-15(5-2-13)30(27,28)24-9-7-23(12-25)8-10-24/h1-6,11-12H,7-10H2,(H,21,22,26). The van der Waals surface area contributed by atoms with E-state index in [4.69, 9.17) is 0 Å². The fourth-order valence-corrected chi connectivity index (χ4v) is 5.41. The van der Waals surface area contributed by atoms with E-state index in [1.807, 2.05) is 0 Å². The average Bonchev–Trinajstić information content (AvgIpc) is 3.15. The van der Waals surface area contributed by atoms with Crippen molar-refractivity contribution in [3.05, 3.63) is 53.8 Å². The summed E-state index contributed by atoms with van der Waals surface area (Å²) in [6.07, 6.45) is 0.708. The molecule has 0 aliphatic carbocycles. The largest absolute Gasteiger partial charge is 0.343 e. The normalized spacial score (nSPS) is 15.3. The summed E-state index contributed by atoms with van der Waals surface area (Å²) in [6, 6.07) is 9.79. The van der Waals surface area contributed by atoms with Gasteiger partial charge in [-0.15, -0.1) is 0 Å². The third-order valence-electron chi connectivity index (χ3n) is 4.75. The van der Waals surface area contributed by atoms with Crippen LogP contribution in [0.2, 0.25) is 0 Å². The maximum absolute atomic E-state index is 13.3. The molecule has 8 nitrogen and oxygen atoms in total. The molecule has 0 unspecified atom stereocenters. The van der Waals surface area contributed by atoms with Crippen LogP contribution in [0.3, 0.4) is 0 Å². The smallest absolute Gasteiger partial charge is 0.257 e. The lowest BCUT2D eigenvalue weighted by atomic mass is 10.2.